The molecule has 0 aliphatic carbocycles. The van der Waals surface area contributed by atoms with E-state index in [1.165, 1.54) is 0 Å². The third-order valence-corrected chi connectivity index (χ3v) is 9.06. The van der Waals surface area contributed by atoms with E-state index in [2.05, 4.69) is 30.3 Å². The molecule has 2 atom stereocenters. The van der Waals surface area contributed by atoms with Gasteiger partial charge in [0.15, 0.2) is 11.6 Å². The summed E-state index contributed by atoms with van der Waals surface area (Å²) in [6, 6.07) is 35.0. The van der Waals surface area contributed by atoms with Crippen molar-refractivity contribution >= 4 is 12.0 Å². The number of nitrogens with zero attached hydrogens (tertiary/aromatic N) is 4. The molecule has 7 rings (SSSR count). The third kappa shape index (κ3) is 6.83. The van der Waals surface area contributed by atoms with Crippen LogP contribution in [0.3, 0.4) is 0 Å². The van der Waals surface area contributed by atoms with Crippen LogP contribution >= 0.6 is 0 Å². The number of allylic oxidation sites excluding steroid dienone is 1. The Hall–Kier alpha value is -5.89. The molecule has 3 heterocycles. The molecule has 0 N–H and O–H groups in total. The van der Waals surface area contributed by atoms with Crippen LogP contribution in [0.1, 0.15) is 69.5 Å². The molecule has 0 bridgehead atoms. The van der Waals surface area contributed by atoms with Crippen molar-refractivity contribution in [3.05, 3.63) is 167 Å². The summed E-state index contributed by atoms with van der Waals surface area (Å²) < 4.78 is 17.9. The van der Waals surface area contributed by atoms with Gasteiger partial charge in [0, 0.05) is 48.1 Å². The van der Waals surface area contributed by atoms with E-state index >= 15 is 0 Å². The summed E-state index contributed by atoms with van der Waals surface area (Å²) in [5, 5.41) is 4.23. The molecule has 50 heavy (non-hydrogen) atoms. The fourth-order valence-corrected chi connectivity index (χ4v) is 6.55. The maximum atomic E-state index is 14.0. The molecule has 8 heteroatoms. The van der Waals surface area contributed by atoms with Crippen molar-refractivity contribution in [2.45, 2.75) is 51.0 Å². The van der Waals surface area contributed by atoms with Crippen LogP contribution in [0, 0.1) is 6.92 Å². The molecule has 4 aromatic carbocycles. The largest absolute Gasteiger partial charge is 0.493 e. The molecule has 1 aliphatic rings. The molecule has 0 radical (unpaired) electrons. The van der Waals surface area contributed by atoms with Crippen molar-refractivity contribution in [1.29, 1.82) is 0 Å². The first-order valence-corrected chi connectivity index (χ1v) is 17.0. The SMILES string of the molecule is CCCc1noc(CC(c2ccc(OCCc3nc(-c4ccccc4)oc3C)cc2)C2(c3ccccc3C(=O)c3ccccc3)C=CC=N2)n1. The van der Waals surface area contributed by atoms with Gasteiger partial charge >= 0.3 is 0 Å². The van der Waals surface area contributed by atoms with E-state index in [9.17, 15) is 4.79 Å². The molecule has 0 saturated carbocycles. The second-order valence-corrected chi connectivity index (χ2v) is 12.4. The minimum atomic E-state index is -0.899. The smallest absolute Gasteiger partial charge is 0.227 e. The fraction of sp³-hybridized carbons (Fsp3) is 0.214. The van der Waals surface area contributed by atoms with Gasteiger partial charge in [0.1, 0.15) is 17.0 Å². The fourth-order valence-electron chi connectivity index (χ4n) is 6.55. The number of benzene rings is 4. The van der Waals surface area contributed by atoms with Crippen molar-refractivity contribution < 1.29 is 18.5 Å². The number of oxazole rings is 1. The average Bonchev–Trinajstić information content (AvgIpc) is 3.93. The number of hydrogen-bond donors (Lipinski definition) is 0. The van der Waals surface area contributed by atoms with Gasteiger partial charge in [-0.05, 0) is 54.8 Å². The Morgan fingerprint density at radius 2 is 1.60 bits per heavy atom. The van der Waals surface area contributed by atoms with Crippen LogP contribution < -0.4 is 4.74 Å². The number of ketones is 1. The van der Waals surface area contributed by atoms with Gasteiger partial charge in [0.2, 0.25) is 11.8 Å². The lowest BCUT2D eigenvalue weighted by molar-refractivity contribution is 0.103. The van der Waals surface area contributed by atoms with Gasteiger partial charge in [-0.25, -0.2) is 4.98 Å². The summed E-state index contributed by atoms with van der Waals surface area (Å²) in [6.45, 7) is 4.46. The van der Waals surface area contributed by atoms with E-state index in [4.69, 9.17) is 28.6 Å². The molecule has 0 spiro atoms. The minimum absolute atomic E-state index is 0.0557. The van der Waals surface area contributed by atoms with E-state index in [1.807, 2.05) is 110 Å². The summed E-state index contributed by atoms with van der Waals surface area (Å²) in [5.41, 5.74) is 3.96. The summed E-state index contributed by atoms with van der Waals surface area (Å²) in [6.07, 6.45) is 8.51. The van der Waals surface area contributed by atoms with Gasteiger partial charge in [-0.2, -0.15) is 4.98 Å². The molecule has 2 aromatic heterocycles. The Morgan fingerprint density at radius 1 is 0.860 bits per heavy atom. The Bertz CT molecular complexity index is 2100. The van der Waals surface area contributed by atoms with Crippen molar-refractivity contribution in [1.82, 2.24) is 15.1 Å². The highest BCUT2D eigenvalue weighted by molar-refractivity contribution is 6.10. The maximum absolute atomic E-state index is 14.0. The Morgan fingerprint density at radius 3 is 2.34 bits per heavy atom. The second-order valence-electron chi connectivity index (χ2n) is 12.4. The lowest BCUT2D eigenvalue weighted by Gasteiger charge is -2.35. The predicted molar refractivity (Wildman–Crippen MR) is 193 cm³/mol. The zero-order valence-electron chi connectivity index (χ0n) is 28.2. The van der Waals surface area contributed by atoms with Gasteiger partial charge in [-0.1, -0.05) is 103 Å². The molecule has 8 nitrogen and oxygen atoms in total. The third-order valence-electron chi connectivity index (χ3n) is 9.06. The van der Waals surface area contributed by atoms with E-state index in [-0.39, 0.29) is 11.7 Å². The molecule has 0 saturated heterocycles. The number of aryl methyl sites for hydroxylation is 2. The summed E-state index contributed by atoms with van der Waals surface area (Å²) in [5.74, 6) is 3.01. The molecule has 6 aromatic rings. The number of carbonyl (C=O) groups is 1. The number of rotatable bonds is 14. The van der Waals surface area contributed by atoms with Crippen LogP contribution in [-0.4, -0.2) is 33.7 Å². The molecule has 250 valence electrons. The molecule has 1 aliphatic heterocycles. The average molecular weight is 663 g/mol. The normalized spacial score (nSPS) is 15.7. The summed E-state index contributed by atoms with van der Waals surface area (Å²) >= 11 is 0. The first-order chi connectivity index (χ1) is 24.5. The lowest BCUT2D eigenvalue weighted by atomic mass is 9.71. The first-order valence-electron chi connectivity index (χ1n) is 17.0. The first kappa shape index (κ1) is 32.6. The van der Waals surface area contributed by atoms with Crippen molar-refractivity contribution in [2.75, 3.05) is 6.61 Å². The van der Waals surface area contributed by atoms with Crippen LogP contribution in [0.25, 0.3) is 11.5 Å². The highest BCUT2D eigenvalue weighted by Gasteiger charge is 2.43. The Kier molecular flexibility index (Phi) is 9.60. The highest BCUT2D eigenvalue weighted by atomic mass is 16.5. The van der Waals surface area contributed by atoms with Gasteiger partial charge in [0.05, 0.1) is 12.3 Å². The molecule has 0 amide bonds. The van der Waals surface area contributed by atoms with E-state index in [0.717, 1.165) is 46.7 Å². The monoisotopic (exact) mass is 662 g/mol. The quantitative estimate of drug-likeness (QED) is 0.108. The summed E-state index contributed by atoms with van der Waals surface area (Å²) in [4.78, 5) is 28.5. The topological polar surface area (TPSA) is 104 Å². The van der Waals surface area contributed by atoms with Crippen molar-refractivity contribution in [2.24, 2.45) is 4.99 Å². The van der Waals surface area contributed by atoms with Gasteiger partial charge < -0.3 is 13.7 Å². The lowest BCUT2D eigenvalue weighted by Crippen LogP contribution is -2.32. The molecular formula is C42H38N4O4. The zero-order valence-corrected chi connectivity index (χ0v) is 28.2. The van der Waals surface area contributed by atoms with E-state index in [1.54, 1.807) is 6.21 Å². The Labute approximate surface area is 291 Å². The standard InChI is InChI=1S/C42H38N4O4/c1-3-13-38-45-39(50-46-38)28-36(42(25-12-26-43-42)35-19-11-10-18-34(35)40(47)31-14-6-4-7-15-31)30-20-22-33(23-21-30)48-27-24-37-29(2)49-41(44-37)32-16-8-5-9-17-32/h4-12,14-23,25-26,36H,3,13,24,27-28H2,1-2H3. The van der Waals surface area contributed by atoms with Crippen LogP contribution in [0.2, 0.25) is 0 Å². The number of ether oxygens (including phenoxy) is 1. The number of aromatic nitrogens is 3. The second kappa shape index (κ2) is 14.7. The highest BCUT2D eigenvalue weighted by Crippen LogP contribution is 2.47. The van der Waals surface area contributed by atoms with Crippen molar-refractivity contribution in [3.63, 3.8) is 0 Å². The van der Waals surface area contributed by atoms with Crippen LogP contribution in [0.15, 0.2) is 135 Å². The van der Waals surface area contributed by atoms with Crippen LogP contribution in [0.5, 0.6) is 5.75 Å². The predicted octanol–water partition coefficient (Wildman–Crippen LogP) is 8.70. The van der Waals surface area contributed by atoms with Crippen LogP contribution in [-0.2, 0) is 24.8 Å². The maximum Gasteiger partial charge on any atom is 0.227 e. The van der Waals surface area contributed by atoms with Gasteiger partial charge in [0.25, 0.3) is 0 Å². The molecule has 2 unspecified atom stereocenters. The molecular weight excluding hydrogens is 624 g/mol. The van der Waals surface area contributed by atoms with Crippen LogP contribution in [0.4, 0.5) is 0 Å². The minimum Gasteiger partial charge on any atom is -0.493 e. The van der Waals surface area contributed by atoms with Crippen molar-refractivity contribution in [3.8, 4) is 17.2 Å². The number of hydrogen-bond acceptors (Lipinski definition) is 8. The number of carbonyl (C=O) groups excluding carboxylic acids is 1. The number of aliphatic imine (C=N–C) groups is 1. The summed E-state index contributed by atoms with van der Waals surface area (Å²) in [7, 11) is 0. The van der Waals surface area contributed by atoms with E-state index < -0.39 is 5.54 Å². The zero-order chi connectivity index (χ0) is 34.3. The van der Waals surface area contributed by atoms with E-state index in [0.29, 0.717) is 48.2 Å². The van der Waals surface area contributed by atoms with Gasteiger partial charge in [-0.15, -0.1) is 0 Å². The van der Waals surface area contributed by atoms with Gasteiger partial charge in [-0.3, -0.25) is 9.79 Å². The molecule has 0 fully saturated rings. The Balaban J connectivity index is 1.17.